The fourth-order valence-corrected chi connectivity index (χ4v) is 2.80. The highest BCUT2D eigenvalue weighted by atomic mass is 19.1. The van der Waals surface area contributed by atoms with E-state index in [0.29, 0.717) is 25.9 Å². The highest BCUT2D eigenvalue weighted by Crippen LogP contribution is 2.28. The van der Waals surface area contributed by atoms with Crippen molar-refractivity contribution in [2.75, 3.05) is 24.5 Å². The van der Waals surface area contributed by atoms with Gasteiger partial charge in [0, 0.05) is 43.6 Å². The molecule has 0 aromatic carbocycles. The van der Waals surface area contributed by atoms with Gasteiger partial charge in [0.15, 0.2) is 5.65 Å². The molecule has 3 rings (SSSR count). The lowest BCUT2D eigenvalue weighted by molar-refractivity contribution is -0.129. The Labute approximate surface area is 141 Å². The summed E-state index contributed by atoms with van der Waals surface area (Å²) in [4.78, 5) is 18.6. The molecule has 1 aliphatic heterocycles. The molecule has 1 aliphatic rings. The number of fused-ring (bicyclic) bond motifs is 1. The zero-order valence-electron chi connectivity index (χ0n) is 14.4. The summed E-state index contributed by atoms with van der Waals surface area (Å²) in [5.41, 5.74) is -1.07. The van der Waals surface area contributed by atoms with Crippen molar-refractivity contribution in [3.8, 4) is 0 Å². The first-order valence-electron chi connectivity index (χ1n) is 8.29. The average Bonchev–Trinajstić information content (AvgIpc) is 3.00. The van der Waals surface area contributed by atoms with E-state index in [1.807, 2.05) is 39.1 Å². The minimum Gasteiger partial charge on any atom is -0.356 e. The Kier molecular flexibility index (Phi) is 4.19. The molecule has 0 radical (unpaired) electrons. The van der Waals surface area contributed by atoms with Gasteiger partial charge in [0.2, 0.25) is 5.91 Å². The maximum atomic E-state index is 14.9. The van der Waals surface area contributed by atoms with Crippen LogP contribution in [0.25, 0.3) is 5.65 Å². The monoisotopic (exact) mass is 333 g/mol. The first-order valence-corrected chi connectivity index (χ1v) is 8.29. The van der Waals surface area contributed by atoms with Gasteiger partial charge in [0.25, 0.3) is 0 Å². The molecule has 130 valence electrons. The van der Waals surface area contributed by atoms with Crippen LogP contribution in [0.5, 0.6) is 0 Å². The van der Waals surface area contributed by atoms with E-state index in [0.717, 1.165) is 11.5 Å². The molecule has 1 amide bonds. The molecule has 0 saturated carbocycles. The Bertz CT molecular complexity index is 728. The second-order valence-corrected chi connectivity index (χ2v) is 7.49. The standard InChI is InChI=1S/C17H24FN5O/c1-16(2,3)15(24)19-12-17(18)6-10-22(11-7-17)13-5-9-23-14(21-13)4-8-20-23/h4-5,8-9H,6-7,10-12H2,1-3H3,(H,19,24). The van der Waals surface area contributed by atoms with Crippen molar-refractivity contribution < 1.29 is 9.18 Å². The van der Waals surface area contributed by atoms with Crippen molar-refractivity contribution in [2.24, 2.45) is 5.41 Å². The smallest absolute Gasteiger partial charge is 0.225 e. The second kappa shape index (κ2) is 6.03. The molecular weight excluding hydrogens is 309 g/mol. The van der Waals surface area contributed by atoms with Crippen molar-refractivity contribution in [3.05, 3.63) is 24.5 Å². The zero-order valence-corrected chi connectivity index (χ0v) is 14.4. The van der Waals surface area contributed by atoms with Crippen LogP contribution in [0.3, 0.4) is 0 Å². The molecule has 0 atom stereocenters. The molecule has 3 heterocycles. The Hall–Kier alpha value is -2.18. The summed E-state index contributed by atoms with van der Waals surface area (Å²) in [6.07, 6.45) is 4.32. The van der Waals surface area contributed by atoms with Crippen LogP contribution in [-0.2, 0) is 4.79 Å². The van der Waals surface area contributed by atoms with Crippen LogP contribution in [0.15, 0.2) is 24.5 Å². The van der Waals surface area contributed by atoms with E-state index in [-0.39, 0.29) is 12.5 Å². The fourth-order valence-electron chi connectivity index (χ4n) is 2.80. The van der Waals surface area contributed by atoms with Crippen LogP contribution in [0.4, 0.5) is 10.2 Å². The number of nitrogens with one attached hydrogen (secondary N) is 1. The molecule has 1 fully saturated rings. The van der Waals surface area contributed by atoms with E-state index in [9.17, 15) is 9.18 Å². The van der Waals surface area contributed by atoms with E-state index < -0.39 is 11.1 Å². The summed E-state index contributed by atoms with van der Waals surface area (Å²) < 4.78 is 16.6. The summed E-state index contributed by atoms with van der Waals surface area (Å²) in [5, 5.41) is 6.87. The molecule has 0 bridgehead atoms. The molecular formula is C17H24FN5O. The Morgan fingerprint density at radius 3 is 2.71 bits per heavy atom. The third-order valence-corrected chi connectivity index (χ3v) is 4.47. The lowest BCUT2D eigenvalue weighted by atomic mass is 9.91. The normalized spacial score (nSPS) is 17.9. The maximum absolute atomic E-state index is 14.9. The van der Waals surface area contributed by atoms with E-state index in [2.05, 4.69) is 20.3 Å². The predicted molar refractivity (Wildman–Crippen MR) is 90.7 cm³/mol. The number of rotatable bonds is 3. The van der Waals surface area contributed by atoms with Gasteiger partial charge in [-0.05, 0) is 6.07 Å². The van der Waals surface area contributed by atoms with Gasteiger partial charge >= 0.3 is 0 Å². The van der Waals surface area contributed by atoms with Crippen molar-refractivity contribution in [3.63, 3.8) is 0 Å². The first kappa shape index (κ1) is 16.7. The first-order chi connectivity index (χ1) is 11.3. The number of hydrogen-bond donors (Lipinski definition) is 1. The predicted octanol–water partition coefficient (Wildman–Crippen LogP) is 2.20. The fraction of sp³-hybridized carbons (Fsp3) is 0.588. The number of alkyl halides is 1. The summed E-state index contributed by atoms with van der Waals surface area (Å²) in [5.74, 6) is 0.721. The molecule has 2 aromatic rings. The van der Waals surface area contributed by atoms with Gasteiger partial charge in [-0.1, -0.05) is 20.8 Å². The molecule has 0 aliphatic carbocycles. The summed E-state index contributed by atoms with van der Waals surface area (Å²) in [6, 6.07) is 3.74. The summed E-state index contributed by atoms with van der Waals surface area (Å²) in [6.45, 7) is 6.72. The lowest BCUT2D eigenvalue weighted by Gasteiger charge is -2.37. The van der Waals surface area contributed by atoms with Gasteiger partial charge in [-0.3, -0.25) is 4.79 Å². The van der Waals surface area contributed by atoms with Crippen molar-refractivity contribution in [2.45, 2.75) is 39.3 Å². The minimum atomic E-state index is -1.35. The van der Waals surface area contributed by atoms with E-state index in [4.69, 9.17) is 0 Å². The van der Waals surface area contributed by atoms with Gasteiger partial charge in [0.05, 0.1) is 12.7 Å². The number of hydrogen-bond acceptors (Lipinski definition) is 4. The quantitative estimate of drug-likeness (QED) is 0.935. The van der Waals surface area contributed by atoms with Crippen LogP contribution in [0, 0.1) is 5.41 Å². The lowest BCUT2D eigenvalue weighted by Crippen LogP contribution is -2.50. The van der Waals surface area contributed by atoms with Crippen LogP contribution in [0.1, 0.15) is 33.6 Å². The molecule has 1 saturated heterocycles. The molecule has 1 N–H and O–H groups in total. The summed E-state index contributed by atoms with van der Waals surface area (Å²) >= 11 is 0. The van der Waals surface area contributed by atoms with Gasteiger partial charge in [-0.2, -0.15) is 5.10 Å². The number of piperidine rings is 1. The maximum Gasteiger partial charge on any atom is 0.225 e. The number of anilines is 1. The third kappa shape index (κ3) is 3.49. The number of aromatic nitrogens is 3. The van der Waals surface area contributed by atoms with Crippen LogP contribution >= 0.6 is 0 Å². The molecule has 6 nitrogen and oxygen atoms in total. The SMILES string of the molecule is CC(C)(C)C(=O)NCC1(F)CCN(c2ccn3nccc3n2)CC1. The van der Waals surface area contributed by atoms with Crippen LogP contribution in [-0.4, -0.2) is 45.8 Å². The van der Waals surface area contributed by atoms with Gasteiger partial charge < -0.3 is 10.2 Å². The second-order valence-electron chi connectivity index (χ2n) is 7.49. The van der Waals surface area contributed by atoms with Crippen molar-refractivity contribution >= 4 is 17.4 Å². The van der Waals surface area contributed by atoms with Crippen LogP contribution in [0.2, 0.25) is 0 Å². The van der Waals surface area contributed by atoms with Gasteiger partial charge in [0.1, 0.15) is 11.5 Å². The van der Waals surface area contributed by atoms with Crippen molar-refractivity contribution in [1.82, 2.24) is 19.9 Å². The van der Waals surface area contributed by atoms with Crippen molar-refractivity contribution in [1.29, 1.82) is 0 Å². The highest BCUT2D eigenvalue weighted by molar-refractivity contribution is 5.81. The van der Waals surface area contributed by atoms with Crippen LogP contribution < -0.4 is 10.2 Å². The number of carbonyl (C=O) groups excluding carboxylic acids is 1. The van der Waals surface area contributed by atoms with Gasteiger partial charge in [-0.15, -0.1) is 0 Å². The zero-order chi connectivity index (χ0) is 17.4. The Morgan fingerprint density at radius 2 is 2.04 bits per heavy atom. The summed E-state index contributed by atoms with van der Waals surface area (Å²) in [7, 11) is 0. The molecule has 7 heteroatoms. The van der Waals surface area contributed by atoms with E-state index in [1.165, 1.54) is 0 Å². The van der Waals surface area contributed by atoms with E-state index >= 15 is 0 Å². The topological polar surface area (TPSA) is 62.5 Å². The number of halogens is 1. The minimum absolute atomic E-state index is 0.0754. The number of carbonyl (C=O) groups is 1. The molecule has 0 spiro atoms. The Balaban J connectivity index is 1.59. The molecule has 0 unspecified atom stereocenters. The van der Waals surface area contributed by atoms with E-state index in [1.54, 1.807) is 10.7 Å². The third-order valence-electron chi connectivity index (χ3n) is 4.47. The van der Waals surface area contributed by atoms with Gasteiger partial charge in [-0.25, -0.2) is 13.9 Å². The molecule has 24 heavy (non-hydrogen) atoms. The Morgan fingerprint density at radius 1 is 1.33 bits per heavy atom. The highest BCUT2D eigenvalue weighted by Gasteiger charge is 2.36. The molecule has 2 aromatic heterocycles. The number of amides is 1. The largest absolute Gasteiger partial charge is 0.356 e. The number of nitrogens with zero attached hydrogens (tertiary/aromatic N) is 4. The average molecular weight is 333 g/mol.